The quantitative estimate of drug-likeness (QED) is 0.785. The molecule has 1 aliphatic carbocycles. The number of hydrogen-bond acceptors (Lipinski definition) is 5. The Morgan fingerprint density at radius 1 is 1.20 bits per heavy atom. The number of rotatable bonds is 6. The Kier molecular flexibility index (Phi) is 5.81. The molecule has 2 fully saturated rings. The normalized spacial score (nSPS) is 29.7. The van der Waals surface area contributed by atoms with Crippen LogP contribution in [0.5, 0.6) is 0 Å². The lowest BCUT2D eigenvalue weighted by Crippen LogP contribution is -2.56. The van der Waals surface area contributed by atoms with Crippen molar-refractivity contribution in [2.24, 2.45) is 5.73 Å². The van der Waals surface area contributed by atoms with E-state index in [1.54, 1.807) is 0 Å². The second-order valence-electron chi connectivity index (χ2n) is 6.37. The fourth-order valence-electron chi connectivity index (χ4n) is 3.46. The average molecular weight is 285 g/mol. The minimum atomic E-state index is -0.338. The van der Waals surface area contributed by atoms with E-state index in [4.69, 9.17) is 15.2 Å². The third kappa shape index (κ3) is 3.92. The summed E-state index contributed by atoms with van der Waals surface area (Å²) in [7, 11) is 4.25. The van der Waals surface area contributed by atoms with Crippen molar-refractivity contribution < 1.29 is 9.47 Å². The number of ether oxygens (including phenoxy) is 2. The molecule has 0 aromatic carbocycles. The molecule has 2 rings (SSSR count). The molecule has 1 saturated heterocycles. The van der Waals surface area contributed by atoms with Crippen LogP contribution in [0.2, 0.25) is 0 Å². The van der Waals surface area contributed by atoms with Gasteiger partial charge >= 0.3 is 0 Å². The highest BCUT2D eigenvalue weighted by atomic mass is 16.7. The van der Waals surface area contributed by atoms with Crippen LogP contribution < -0.4 is 5.73 Å². The van der Waals surface area contributed by atoms with Crippen LogP contribution in [0.4, 0.5) is 0 Å². The van der Waals surface area contributed by atoms with Gasteiger partial charge in [0.15, 0.2) is 5.79 Å². The SMILES string of the molecule is CCN(CCCN(C)C)C1CC2(CCC1N)OCCO2. The fourth-order valence-corrected chi connectivity index (χ4v) is 3.46. The van der Waals surface area contributed by atoms with Crippen LogP contribution >= 0.6 is 0 Å². The molecule has 5 heteroatoms. The highest BCUT2D eigenvalue weighted by Crippen LogP contribution is 2.37. The summed E-state index contributed by atoms with van der Waals surface area (Å²) in [5.41, 5.74) is 6.37. The fraction of sp³-hybridized carbons (Fsp3) is 1.00. The molecule has 118 valence electrons. The monoisotopic (exact) mass is 285 g/mol. The van der Waals surface area contributed by atoms with Gasteiger partial charge in [0.05, 0.1) is 13.2 Å². The predicted molar refractivity (Wildman–Crippen MR) is 80.7 cm³/mol. The van der Waals surface area contributed by atoms with E-state index < -0.39 is 0 Å². The zero-order valence-corrected chi connectivity index (χ0v) is 13.3. The summed E-state index contributed by atoms with van der Waals surface area (Å²) in [5.74, 6) is -0.338. The van der Waals surface area contributed by atoms with Crippen LogP contribution in [0.15, 0.2) is 0 Å². The van der Waals surface area contributed by atoms with Gasteiger partial charge in [-0.3, -0.25) is 4.90 Å². The van der Waals surface area contributed by atoms with Crippen LogP contribution in [-0.2, 0) is 9.47 Å². The Hall–Kier alpha value is -0.200. The molecular formula is C15H31N3O2. The van der Waals surface area contributed by atoms with Gasteiger partial charge in [-0.25, -0.2) is 0 Å². The third-order valence-electron chi connectivity index (χ3n) is 4.61. The summed E-state index contributed by atoms with van der Waals surface area (Å²) in [6.45, 7) is 6.95. The molecule has 1 saturated carbocycles. The van der Waals surface area contributed by atoms with E-state index in [0.29, 0.717) is 6.04 Å². The van der Waals surface area contributed by atoms with Crippen molar-refractivity contribution in [3.8, 4) is 0 Å². The van der Waals surface area contributed by atoms with Crippen molar-refractivity contribution in [3.63, 3.8) is 0 Å². The highest BCUT2D eigenvalue weighted by Gasteiger charge is 2.45. The minimum absolute atomic E-state index is 0.243. The summed E-state index contributed by atoms with van der Waals surface area (Å²) < 4.78 is 11.8. The van der Waals surface area contributed by atoms with Gasteiger partial charge in [0.2, 0.25) is 0 Å². The summed E-state index contributed by atoms with van der Waals surface area (Å²) in [4.78, 5) is 4.75. The van der Waals surface area contributed by atoms with E-state index >= 15 is 0 Å². The van der Waals surface area contributed by atoms with Crippen molar-refractivity contribution in [1.82, 2.24) is 9.80 Å². The summed E-state index contributed by atoms with van der Waals surface area (Å²) in [6.07, 6.45) is 4.04. The molecule has 1 aliphatic heterocycles. The smallest absolute Gasteiger partial charge is 0.170 e. The van der Waals surface area contributed by atoms with Gasteiger partial charge in [-0.1, -0.05) is 6.92 Å². The lowest BCUT2D eigenvalue weighted by atomic mass is 9.85. The molecule has 0 radical (unpaired) electrons. The van der Waals surface area contributed by atoms with Gasteiger partial charge in [-0.15, -0.1) is 0 Å². The lowest BCUT2D eigenvalue weighted by Gasteiger charge is -2.44. The Balaban J connectivity index is 1.92. The topological polar surface area (TPSA) is 51.0 Å². The number of nitrogens with zero attached hydrogens (tertiary/aromatic N) is 2. The van der Waals surface area contributed by atoms with Crippen molar-refractivity contribution >= 4 is 0 Å². The molecule has 2 unspecified atom stereocenters. The molecule has 20 heavy (non-hydrogen) atoms. The van der Waals surface area contributed by atoms with Gasteiger partial charge in [0.25, 0.3) is 0 Å². The Bertz CT molecular complexity index is 293. The number of hydrogen-bond donors (Lipinski definition) is 1. The molecule has 0 aromatic heterocycles. The van der Waals surface area contributed by atoms with E-state index in [1.165, 1.54) is 6.42 Å². The largest absolute Gasteiger partial charge is 0.347 e. The maximum absolute atomic E-state index is 6.37. The molecule has 1 spiro atoms. The van der Waals surface area contributed by atoms with Crippen LogP contribution in [0.1, 0.15) is 32.6 Å². The summed E-state index contributed by atoms with van der Waals surface area (Å²) in [6, 6.07) is 0.627. The van der Waals surface area contributed by atoms with Gasteiger partial charge < -0.3 is 20.1 Å². The Morgan fingerprint density at radius 2 is 1.90 bits per heavy atom. The Labute approximate surface area is 123 Å². The first-order valence-corrected chi connectivity index (χ1v) is 7.98. The van der Waals surface area contributed by atoms with Crippen molar-refractivity contribution in [2.45, 2.75) is 50.5 Å². The first kappa shape index (κ1) is 16.2. The summed E-state index contributed by atoms with van der Waals surface area (Å²) >= 11 is 0. The zero-order chi connectivity index (χ0) is 14.6. The van der Waals surface area contributed by atoms with Crippen molar-refractivity contribution in [3.05, 3.63) is 0 Å². The first-order valence-electron chi connectivity index (χ1n) is 7.98. The molecule has 2 N–H and O–H groups in total. The average Bonchev–Trinajstić information content (AvgIpc) is 2.86. The molecule has 0 aromatic rings. The predicted octanol–water partition coefficient (Wildman–Crippen LogP) is 0.883. The van der Waals surface area contributed by atoms with Crippen molar-refractivity contribution in [1.29, 1.82) is 0 Å². The molecule has 5 nitrogen and oxygen atoms in total. The maximum Gasteiger partial charge on any atom is 0.170 e. The molecule has 0 amide bonds. The molecular weight excluding hydrogens is 254 g/mol. The third-order valence-corrected chi connectivity index (χ3v) is 4.61. The maximum atomic E-state index is 6.37. The van der Waals surface area contributed by atoms with E-state index in [0.717, 1.165) is 52.1 Å². The zero-order valence-electron chi connectivity index (χ0n) is 13.3. The lowest BCUT2D eigenvalue weighted by molar-refractivity contribution is -0.191. The number of likely N-dealkylation sites (N-methyl/N-ethyl adjacent to an activating group) is 1. The standard InChI is InChI=1S/C15H31N3O2/c1-4-18(9-5-8-17(2)3)14-12-15(7-6-13(14)16)19-10-11-20-15/h13-14H,4-12,16H2,1-3H3. The second kappa shape index (κ2) is 7.18. The van der Waals surface area contributed by atoms with Crippen molar-refractivity contribution in [2.75, 3.05) is 46.9 Å². The van der Waals surface area contributed by atoms with Crippen LogP contribution in [0, 0.1) is 0 Å². The van der Waals surface area contributed by atoms with E-state index in [1.807, 2.05) is 0 Å². The van der Waals surface area contributed by atoms with Gasteiger partial charge in [-0.2, -0.15) is 0 Å². The minimum Gasteiger partial charge on any atom is -0.347 e. The Morgan fingerprint density at radius 3 is 2.50 bits per heavy atom. The van der Waals surface area contributed by atoms with Crippen LogP contribution in [0.3, 0.4) is 0 Å². The molecule has 2 atom stereocenters. The highest BCUT2D eigenvalue weighted by molar-refractivity contribution is 4.95. The summed E-state index contributed by atoms with van der Waals surface area (Å²) in [5, 5.41) is 0. The molecule has 0 bridgehead atoms. The first-order chi connectivity index (χ1) is 9.56. The van der Waals surface area contributed by atoms with Gasteiger partial charge in [0, 0.05) is 24.9 Å². The van der Waals surface area contributed by atoms with Crippen LogP contribution in [0.25, 0.3) is 0 Å². The van der Waals surface area contributed by atoms with Gasteiger partial charge in [0.1, 0.15) is 0 Å². The number of nitrogens with two attached hydrogens (primary N) is 1. The van der Waals surface area contributed by atoms with E-state index in [9.17, 15) is 0 Å². The second-order valence-corrected chi connectivity index (χ2v) is 6.37. The molecule has 1 heterocycles. The van der Waals surface area contributed by atoms with E-state index in [-0.39, 0.29) is 11.8 Å². The molecule has 2 aliphatic rings. The van der Waals surface area contributed by atoms with Gasteiger partial charge in [-0.05, 0) is 46.6 Å². The van der Waals surface area contributed by atoms with Crippen LogP contribution in [-0.4, -0.2) is 74.6 Å². The van der Waals surface area contributed by atoms with E-state index in [2.05, 4.69) is 30.8 Å².